The molecule has 3 heterocycles. The summed E-state index contributed by atoms with van der Waals surface area (Å²) in [6.07, 6.45) is -1.69. The Bertz CT molecular complexity index is 4630. The largest absolute Gasteiger partial charge is 0.497 e. The van der Waals surface area contributed by atoms with E-state index < -0.39 is 112 Å². The number of esters is 5. The summed E-state index contributed by atoms with van der Waals surface area (Å²) in [7, 11) is 1.69. The van der Waals surface area contributed by atoms with Gasteiger partial charge in [-0.05, 0) is 167 Å². The van der Waals surface area contributed by atoms with Crippen LogP contribution in [-0.4, -0.2) is 185 Å². The normalized spacial score (nSPS) is 20.9. The Morgan fingerprint density at radius 3 is 1.34 bits per heavy atom. The lowest BCUT2D eigenvalue weighted by atomic mass is 9.80. The van der Waals surface area contributed by atoms with E-state index in [4.69, 9.17) is 72.5 Å². The van der Waals surface area contributed by atoms with Gasteiger partial charge < -0.3 is 75.6 Å². The van der Waals surface area contributed by atoms with E-state index >= 15 is 0 Å². The molecule has 3 aliphatic rings. The second kappa shape index (κ2) is 48.8. The van der Waals surface area contributed by atoms with Crippen LogP contribution >= 0.6 is 8.53 Å². The number of unbranched alkanes of at least 4 members (excludes halogenated alkanes) is 8. The highest BCUT2D eigenvalue weighted by Crippen LogP contribution is 2.50. The van der Waals surface area contributed by atoms with Crippen molar-refractivity contribution in [3.05, 3.63) is 286 Å². The molecule has 3 aliphatic heterocycles. The van der Waals surface area contributed by atoms with Gasteiger partial charge in [0.2, 0.25) is 12.5 Å². The molecule has 0 bridgehead atoms. The Morgan fingerprint density at radius 2 is 0.872 bits per heavy atom. The van der Waals surface area contributed by atoms with E-state index in [0.717, 1.165) is 68.1 Å². The van der Waals surface area contributed by atoms with Crippen LogP contribution in [0, 0.1) is 18.4 Å². The summed E-state index contributed by atoms with van der Waals surface area (Å²) in [5.74, 6) is -3.24. The third-order valence-electron chi connectivity index (χ3n) is 22.9. The number of hydrogen-bond acceptors (Lipinski definition) is 22. The van der Waals surface area contributed by atoms with Gasteiger partial charge in [-0.15, -0.1) is 0 Å². The number of methoxy groups -OCH3 is 2. The van der Waals surface area contributed by atoms with Crippen LogP contribution in [0.2, 0.25) is 0 Å². The number of carbonyl (C=O) groups excluding carboxylic acids is 7. The van der Waals surface area contributed by atoms with Crippen LogP contribution in [0.1, 0.15) is 200 Å². The molecule has 0 N–H and O–H groups in total. The molecule has 664 valence electrons. The SMILES string of the molecule is [C-]#[N+]CCOP(O[C@@H]1C[C@@H](COC(c2ccccc2)(c2ccc(OC)cc2)c2ccc(OC)cc2)N(C(=O)CCCCCCC(=O)CCCCCCCCOC2OC(COC(=O)c3ccccc3)C(OC3OC(COC(=O)c4ccccc4)C(OC(=O)c4ccccc4)C(OC(=O)c4ccccc4)C3OC(=O)c3ccccc3)C(C)C2C)C1)N(C(C)C)C(C)C. The van der Waals surface area contributed by atoms with Crippen molar-refractivity contribution in [2.24, 2.45) is 11.8 Å². The van der Waals surface area contributed by atoms with Crippen molar-refractivity contribution in [2.45, 2.75) is 210 Å². The maximum absolute atomic E-state index is 14.8. The van der Waals surface area contributed by atoms with Gasteiger partial charge in [0, 0.05) is 50.4 Å². The van der Waals surface area contributed by atoms with E-state index in [1.807, 2.05) is 85.5 Å². The van der Waals surface area contributed by atoms with Gasteiger partial charge in [-0.2, -0.15) is 0 Å². The van der Waals surface area contributed by atoms with E-state index in [9.17, 15) is 33.6 Å². The van der Waals surface area contributed by atoms with Gasteiger partial charge in [0.25, 0.3) is 8.53 Å². The van der Waals surface area contributed by atoms with E-state index in [1.54, 1.807) is 129 Å². The number of carbonyl (C=O) groups is 7. The second-order valence-electron chi connectivity index (χ2n) is 32.2. The van der Waals surface area contributed by atoms with Crippen molar-refractivity contribution in [1.82, 2.24) is 9.57 Å². The molecule has 11 unspecified atom stereocenters. The first-order valence-electron chi connectivity index (χ1n) is 43.6. The van der Waals surface area contributed by atoms with Crippen molar-refractivity contribution >= 4 is 50.1 Å². The van der Waals surface area contributed by atoms with Gasteiger partial charge in [0.05, 0.1) is 66.9 Å². The Labute approximate surface area is 735 Å². The first-order valence-corrected chi connectivity index (χ1v) is 44.7. The zero-order valence-electron chi connectivity index (χ0n) is 72.7. The van der Waals surface area contributed by atoms with E-state index in [0.29, 0.717) is 63.2 Å². The Hall–Kier alpha value is -10.6. The van der Waals surface area contributed by atoms with Gasteiger partial charge in [-0.25, -0.2) is 35.2 Å². The first kappa shape index (κ1) is 95.1. The zero-order chi connectivity index (χ0) is 88.5. The summed E-state index contributed by atoms with van der Waals surface area (Å²) in [5.41, 5.74) is 2.39. The number of benzene rings is 8. The summed E-state index contributed by atoms with van der Waals surface area (Å²) >= 11 is 0. The molecule has 1 amide bonds. The van der Waals surface area contributed by atoms with Crippen LogP contribution in [0.3, 0.4) is 0 Å². The molecule has 0 aromatic heterocycles. The number of ketones is 1. The van der Waals surface area contributed by atoms with Crippen LogP contribution < -0.4 is 9.47 Å². The van der Waals surface area contributed by atoms with Gasteiger partial charge in [0.15, 0.2) is 30.9 Å². The fraction of sp³-hybridized carbons (Fsp3) is 0.440. The molecule has 24 nitrogen and oxygen atoms in total. The molecule has 125 heavy (non-hydrogen) atoms. The predicted octanol–water partition coefficient (Wildman–Crippen LogP) is 18.4. The smallest absolute Gasteiger partial charge is 0.338 e. The minimum atomic E-state index is -1.71. The average Bonchev–Trinajstić information content (AvgIpc) is 1.27. The molecule has 0 radical (unpaired) electrons. The third-order valence-corrected chi connectivity index (χ3v) is 25.0. The van der Waals surface area contributed by atoms with Crippen molar-refractivity contribution < 1.29 is 99.5 Å². The summed E-state index contributed by atoms with van der Waals surface area (Å²) in [4.78, 5) is 104. The summed E-state index contributed by atoms with van der Waals surface area (Å²) in [6, 6.07) is 66.6. The molecular weight excluding hydrogens is 1610 g/mol. The topological polar surface area (TPSA) is 260 Å². The maximum Gasteiger partial charge on any atom is 0.338 e. The number of rotatable bonds is 47. The third kappa shape index (κ3) is 26.8. The highest BCUT2D eigenvalue weighted by molar-refractivity contribution is 7.44. The highest BCUT2D eigenvalue weighted by Gasteiger charge is 2.56. The lowest BCUT2D eigenvalue weighted by Gasteiger charge is -2.48. The van der Waals surface area contributed by atoms with Crippen LogP contribution in [0.5, 0.6) is 11.5 Å². The molecule has 13 atom stereocenters. The number of likely N-dealkylation sites (tertiary alicyclic amines) is 1. The standard InChI is InChI=1S/C100H118N3O21P/c1-69(2)103(70(3)4)125(117-63-61-101-7)124-85-64-81(66-116-100(78-48-32-21-33-49-78,79-53-57-83(111-8)58-54-79)80-55-59-84(112-9)60-56-80)102(65-85)88(105)52-36-14-13-35-51-82(104)50-34-12-10-11-15-37-62-113-98-72(6)71(5)89(86(118-98)67-114-93(106)73-38-22-16-23-39-73)123-99-92(122-97(110)77-46-30-20-31-47-77)91(121-96(109)76-44-28-19-29-45-76)90(120-95(108)75-42-26-18-27-43-75)87(119-99)68-115-94(107)74-40-24-17-25-41-74/h16-33,38-49,53-60,69-72,81,85-87,89-92,98-99H,10-15,34-37,50-52,61-68H2,1-6,8-9H3/t71?,72?,81-,85+,86?,87?,89?,90?,91?,92?,98?,99?,125?/m0/s1. The van der Waals surface area contributed by atoms with Crippen LogP contribution in [0.25, 0.3) is 4.85 Å². The minimum Gasteiger partial charge on any atom is -0.497 e. The Balaban J connectivity index is 0.692. The van der Waals surface area contributed by atoms with Gasteiger partial charge >= 0.3 is 29.8 Å². The molecule has 0 aliphatic carbocycles. The molecule has 25 heteroatoms. The molecule has 3 saturated heterocycles. The van der Waals surface area contributed by atoms with Gasteiger partial charge in [-0.1, -0.05) is 198 Å². The molecule has 0 saturated carbocycles. The monoisotopic (exact) mass is 1730 g/mol. The van der Waals surface area contributed by atoms with Crippen molar-refractivity contribution in [2.75, 3.05) is 60.3 Å². The van der Waals surface area contributed by atoms with Gasteiger partial charge in [-0.3, -0.25) is 9.59 Å². The molecule has 11 rings (SSSR count). The summed E-state index contributed by atoms with van der Waals surface area (Å²) in [5, 5.41) is 0. The number of Topliss-reactive ketones (excluding diaryl/α,β-unsaturated/α-hetero) is 1. The van der Waals surface area contributed by atoms with E-state index in [-0.39, 0.29) is 90.1 Å². The molecule has 0 spiro atoms. The van der Waals surface area contributed by atoms with E-state index in [1.165, 1.54) is 36.4 Å². The van der Waals surface area contributed by atoms with Crippen LogP contribution in [-0.2, 0) is 71.6 Å². The molecule has 8 aromatic carbocycles. The first-order chi connectivity index (χ1) is 60.8. The summed E-state index contributed by atoms with van der Waals surface area (Å²) < 4.78 is 92.5. The molecule has 3 fully saturated rings. The number of hydrogen-bond donors (Lipinski definition) is 0. The minimum absolute atomic E-state index is 0.00418. The number of nitrogens with zero attached hydrogens (tertiary/aromatic N) is 3. The van der Waals surface area contributed by atoms with E-state index in [2.05, 4.69) is 49.3 Å². The maximum atomic E-state index is 14.8. The lowest BCUT2D eigenvalue weighted by molar-refractivity contribution is -0.344. The van der Waals surface area contributed by atoms with Crippen molar-refractivity contribution in [1.29, 1.82) is 0 Å². The zero-order valence-corrected chi connectivity index (χ0v) is 73.6. The predicted molar refractivity (Wildman–Crippen MR) is 472 cm³/mol. The van der Waals surface area contributed by atoms with Crippen molar-refractivity contribution in [3.8, 4) is 11.5 Å². The fourth-order valence-corrected chi connectivity index (χ4v) is 17.8. The van der Waals surface area contributed by atoms with Crippen LogP contribution in [0.4, 0.5) is 0 Å². The number of ether oxygens (including phenoxy) is 12. The highest BCUT2D eigenvalue weighted by atomic mass is 31.2. The molecular formula is C100H118N3O21P. The van der Waals surface area contributed by atoms with Crippen molar-refractivity contribution in [3.63, 3.8) is 0 Å². The second-order valence-corrected chi connectivity index (χ2v) is 33.6. The van der Waals surface area contributed by atoms with Crippen LogP contribution in [0.15, 0.2) is 231 Å². The Morgan fingerprint density at radius 1 is 0.464 bits per heavy atom. The quantitative estimate of drug-likeness (QED) is 0.00857. The fourth-order valence-electron chi connectivity index (χ4n) is 16.1. The Kier molecular flexibility index (Phi) is 37.1. The summed E-state index contributed by atoms with van der Waals surface area (Å²) in [6.45, 7) is 20.1. The lowest BCUT2D eigenvalue weighted by Crippen LogP contribution is -2.65. The number of amides is 1. The van der Waals surface area contributed by atoms with Gasteiger partial charge in [0.1, 0.15) is 54.9 Å². The molecule has 8 aromatic rings. The average molecular weight is 1730 g/mol.